The summed E-state index contributed by atoms with van der Waals surface area (Å²) in [6.07, 6.45) is 4.63. The number of ether oxygens (including phenoxy) is 1. The SMILES string of the molecule is CCCCC(C)C([O])OCCCC(C)C. The van der Waals surface area contributed by atoms with Gasteiger partial charge < -0.3 is 4.74 Å². The molecule has 0 fully saturated rings. The van der Waals surface area contributed by atoms with E-state index in [4.69, 9.17) is 4.74 Å². The van der Waals surface area contributed by atoms with Crippen LogP contribution >= 0.6 is 0 Å². The molecule has 2 heteroatoms. The van der Waals surface area contributed by atoms with E-state index < -0.39 is 6.29 Å². The highest BCUT2D eigenvalue weighted by Crippen LogP contribution is 2.14. The van der Waals surface area contributed by atoms with Crippen molar-refractivity contribution in [1.82, 2.24) is 0 Å². The third-order valence-corrected chi connectivity index (χ3v) is 2.69. The number of hydrogen-bond acceptors (Lipinski definition) is 1. The Morgan fingerprint density at radius 2 is 1.73 bits per heavy atom. The summed E-state index contributed by atoms with van der Waals surface area (Å²) in [7, 11) is 0. The monoisotopic (exact) mass is 215 g/mol. The first-order valence-corrected chi connectivity index (χ1v) is 6.35. The highest BCUT2D eigenvalue weighted by molar-refractivity contribution is 4.56. The van der Waals surface area contributed by atoms with Gasteiger partial charge in [-0.3, -0.25) is 0 Å². The normalized spacial score (nSPS) is 15.6. The highest BCUT2D eigenvalue weighted by atomic mass is 16.6. The lowest BCUT2D eigenvalue weighted by Crippen LogP contribution is -2.20. The molecule has 2 unspecified atom stereocenters. The van der Waals surface area contributed by atoms with Crippen LogP contribution in [0.2, 0.25) is 0 Å². The summed E-state index contributed by atoms with van der Waals surface area (Å²) >= 11 is 0. The van der Waals surface area contributed by atoms with Crippen molar-refractivity contribution in [2.75, 3.05) is 6.61 Å². The molecule has 2 nitrogen and oxygen atoms in total. The predicted octanol–water partition coefficient (Wildman–Crippen LogP) is 4.02. The molecule has 0 bridgehead atoms. The fourth-order valence-electron chi connectivity index (χ4n) is 1.52. The van der Waals surface area contributed by atoms with Crippen molar-refractivity contribution in [1.29, 1.82) is 0 Å². The van der Waals surface area contributed by atoms with Crippen LogP contribution in [0.15, 0.2) is 0 Å². The minimum atomic E-state index is -0.816. The van der Waals surface area contributed by atoms with Crippen LogP contribution in [0.4, 0.5) is 0 Å². The maximum absolute atomic E-state index is 11.6. The van der Waals surface area contributed by atoms with Crippen LogP contribution in [0.1, 0.15) is 59.8 Å². The topological polar surface area (TPSA) is 29.1 Å². The molecule has 0 aromatic carbocycles. The van der Waals surface area contributed by atoms with E-state index in [9.17, 15) is 5.11 Å². The van der Waals surface area contributed by atoms with E-state index in [-0.39, 0.29) is 5.92 Å². The number of unbranched alkanes of at least 4 members (excludes halogenated alkanes) is 1. The lowest BCUT2D eigenvalue weighted by molar-refractivity contribution is -0.170. The summed E-state index contributed by atoms with van der Waals surface area (Å²) in [5, 5.41) is 11.6. The Labute approximate surface area is 95.0 Å². The largest absolute Gasteiger partial charge is 0.349 e. The van der Waals surface area contributed by atoms with E-state index in [1.807, 2.05) is 6.92 Å². The molecule has 0 aliphatic rings. The Morgan fingerprint density at radius 3 is 2.27 bits per heavy atom. The lowest BCUT2D eigenvalue weighted by atomic mass is 10.0. The highest BCUT2D eigenvalue weighted by Gasteiger charge is 2.15. The molecule has 0 heterocycles. The minimum absolute atomic E-state index is 0.156. The van der Waals surface area contributed by atoms with E-state index in [0.717, 1.165) is 32.1 Å². The second-order valence-electron chi connectivity index (χ2n) is 4.89. The Balaban J connectivity index is 3.42. The molecular weight excluding hydrogens is 188 g/mol. The van der Waals surface area contributed by atoms with Gasteiger partial charge in [0.05, 0.1) is 0 Å². The van der Waals surface area contributed by atoms with Gasteiger partial charge in [0.1, 0.15) is 0 Å². The Bertz CT molecular complexity index is 134. The molecule has 0 aromatic heterocycles. The van der Waals surface area contributed by atoms with Crippen LogP contribution in [0, 0.1) is 11.8 Å². The molecule has 0 N–H and O–H groups in total. The predicted molar refractivity (Wildman–Crippen MR) is 63.2 cm³/mol. The van der Waals surface area contributed by atoms with Crippen LogP contribution in [-0.2, 0) is 9.84 Å². The average Bonchev–Trinajstić information content (AvgIpc) is 2.20. The smallest absolute Gasteiger partial charge is 0.193 e. The third kappa shape index (κ3) is 8.88. The molecule has 91 valence electrons. The van der Waals surface area contributed by atoms with Crippen molar-refractivity contribution < 1.29 is 9.84 Å². The maximum atomic E-state index is 11.6. The van der Waals surface area contributed by atoms with E-state index >= 15 is 0 Å². The van der Waals surface area contributed by atoms with Gasteiger partial charge in [-0.15, -0.1) is 0 Å². The van der Waals surface area contributed by atoms with Crippen LogP contribution in [0.25, 0.3) is 0 Å². The van der Waals surface area contributed by atoms with E-state index in [2.05, 4.69) is 20.8 Å². The van der Waals surface area contributed by atoms with Gasteiger partial charge in [-0.1, -0.05) is 40.5 Å². The molecule has 0 aliphatic carbocycles. The third-order valence-electron chi connectivity index (χ3n) is 2.69. The van der Waals surface area contributed by atoms with Crippen molar-refractivity contribution in [2.45, 2.75) is 66.1 Å². The molecule has 15 heavy (non-hydrogen) atoms. The Morgan fingerprint density at radius 1 is 1.07 bits per heavy atom. The van der Waals surface area contributed by atoms with Crippen molar-refractivity contribution in [3.05, 3.63) is 0 Å². The lowest BCUT2D eigenvalue weighted by Gasteiger charge is -2.17. The quantitative estimate of drug-likeness (QED) is 0.422. The number of hydrogen-bond donors (Lipinski definition) is 0. The fourth-order valence-corrected chi connectivity index (χ4v) is 1.52. The Kier molecular flexibility index (Phi) is 9.12. The van der Waals surface area contributed by atoms with Gasteiger partial charge >= 0.3 is 0 Å². The van der Waals surface area contributed by atoms with Gasteiger partial charge in [0, 0.05) is 12.5 Å². The van der Waals surface area contributed by atoms with E-state index in [1.54, 1.807) is 0 Å². The van der Waals surface area contributed by atoms with Crippen LogP contribution in [0.5, 0.6) is 0 Å². The summed E-state index contributed by atoms with van der Waals surface area (Å²) in [5.74, 6) is 0.861. The molecule has 2 atom stereocenters. The molecule has 1 radical (unpaired) electrons. The first kappa shape index (κ1) is 14.9. The van der Waals surface area contributed by atoms with Crippen molar-refractivity contribution in [2.24, 2.45) is 11.8 Å². The van der Waals surface area contributed by atoms with E-state index in [0.29, 0.717) is 12.5 Å². The summed E-state index contributed by atoms with van der Waals surface area (Å²) in [6.45, 7) is 9.16. The molecular formula is C13H27O2. The van der Waals surface area contributed by atoms with Crippen molar-refractivity contribution >= 4 is 0 Å². The molecule has 0 saturated heterocycles. The van der Waals surface area contributed by atoms with Crippen molar-refractivity contribution in [3.8, 4) is 0 Å². The summed E-state index contributed by atoms with van der Waals surface area (Å²) in [5.41, 5.74) is 0. The molecule has 0 aromatic rings. The zero-order valence-electron chi connectivity index (χ0n) is 10.8. The molecule has 0 saturated carbocycles. The van der Waals surface area contributed by atoms with Crippen LogP contribution in [-0.4, -0.2) is 12.9 Å². The summed E-state index contributed by atoms with van der Waals surface area (Å²) < 4.78 is 5.30. The molecule has 0 amide bonds. The molecule has 0 spiro atoms. The van der Waals surface area contributed by atoms with Gasteiger partial charge in [0.2, 0.25) is 0 Å². The van der Waals surface area contributed by atoms with E-state index in [1.165, 1.54) is 0 Å². The molecule has 0 rings (SSSR count). The van der Waals surface area contributed by atoms with Gasteiger partial charge in [-0.2, -0.15) is 0 Å². The van der Waals surface area contributed by atoms with Crippen LogP contribution in [0.3, 0.4) is 0 Å². The van der Waals surface area contributed by atoms with Crippen LogP contribution < -0.4 is 0 Å². The van der Waals surface area contributed by atoms with Gasteiger partial charge in [-0.05, 0) is 25.2 Å². The zero-order chi connectivity index (χ0) is 11.7. The number of rotatable bonds is 9. The van der Waals surface area contributed by atoms with Crippen molar-refractivity contribution in [3.63, 3.8) is 0 Å². The summed E-state index contributed by atoms with van der Waals surface area (Å²) in [4.78, 5) is 0. The second kappa shape index (κ2) is 9.17. The first-order valence-electron chi connectivity index (χ1n) is 6.35. The fraction of sp³-hybridized carbons (Fsp3) is 1.00. The standard InChI is InChI=1S/C13H27O2/c1-5-6-9-12(4)13(14)15-10-7-8-11(2)3/h11-13H,5-10H2,1-4H3. The minimum Gasteiger partial charge on any atom is -0.349 e. The van der Waals surface area contributed by atoms with Gasteiger partial charge in [-0.25, -0.2) is 5.11 Å². The Hall–Kier alpha value is -0.0800. The zero-order valence-corrected chi connectivity index (χ0v) is 10.8. The van der Waals surface area contributed by atoms with Gasteiger partial charge in [0.15, 0.2) is 6.29 Å². The first-order chi connectivity index (χ1) is 7.07. The van der Waals surface area contributed by atoms with Gasteiger partial charge in [0.25, 0.3) is 0 Å². The summed E-state index contributed by atoms with van der Waals surface area (Å²) in [6, 6.07) is 0. The maximum Gasteiger partial charge on any atom is 0.193 e. The average molecular weight is 215 g/mol. The second-order valence-corrected chi connectivity index (χ2v) is 4.89. The molecule has 0 aliphatic heterocycles.